The highest BCUT2D eigenvalue weighted by atomic mass is 16.5. The number of fused-ring (bicyclic) bond motifs is 1. The van der Waals surface area contributed by atoms with E-state index in [-0.39, 0.29) is 11.8 Å². The fraction of sp³-hybridized carbons (Fsp3) is 0.650. The van der Waals surface area contributed by atoms with Gasteiger partial charge in [-0.25, -0.2) is 0 Å². The van der Waals surface area contributed by atoms with E-state index in [9.17, 15) is 4.79 Å². The first-order valence-corrected chi connectivity index (χ1v) is 9.27. The summed E-state index contributed by atoms with van der Waals surface area (Å²) in [4.78, 5) is 17.5. The standard InChI is InChI=1S/C20H30N2O3/c1-21(2)16-10-15-11-18(24-3)19(25-4)12-17(15)22(13-16)20(23)14-8-6-5-7-9-14/h11-12,14,16H,5-10,13H2,1-4H3. The first-order valence-electron chi connectivity index (χ1n) is 9.27. The number of methoxy groups -OCH3 is 2. The molecular weight excluding hydrogens is 316 g/mol. The van der Waals surface area contributed by atoms with E-state index in [1.165, 1.54) is 19.3 Å². The Morgan fingerprint density at radius 1 is 1.08 bits per heavy atom. The SMILES string of the molecule is COc1cc2c(cc1OC)N(C(=O)C1CCCCC1)CC(N(C)C)C2. The molecule has 0 saturated heterocycles. The largest absolute Gasteiger partial charge is 0.493 e. The van der Waals surface area contributed by atoms with Crippen molar-refractivity contribution in [1.82, 2.24) is 4.90 Å². The fourth-order valence-electron chi connectivity index (χ4n) is 4.08. The lowest BCUT2D eigenvalue weighted by molar-refractivity contribution is -0.123. The normalized spacial score (nSPS) is 21.2. The number of anilines is 1. The van der Waals surface area contributed by atoms with Gasteiger partial charge in [-0.05, 0) is 45.0 Å². The number of likely N-dealkylation sites (N-methyl/N-ethyl adjacent to an activating group) is 1. The summed E-state index contributed by atoms with van der Waals surface area (Å²) in [5.41, 5.74) is 2.15. The van der Waals surface area contributed by atoms with Crippen LogP contribution in [0.4, 0.5) is 5.69 Å². The molecule has 5 heteroatoms. The van der Waals surface area contributed by atoms with Crippen molar-refractivity contribution in [2.45, 2.75) is 44.6 Å². The molecule has 25 heavy (non-hydrogen) atoms. The average molecular weight is 346 g/mol. The van der Waals surface area contributed by atoms with Gasteiger partial charge >= 0.3 is 0 Å². The summed E-state index contributed by atoms with van der Waals surface area (Å²) < 4.78 is 10.9. The van der Waals surface area contributed by atoms with Gasteiger partial charge in [0.1, 0.15) is 0 Å². The summed E-state index contributed by atoms with van der Waals surface area (Å²) in [5, 5.41) is 0. The molecule has 1 aliphatic carbocycles. The van der Waals surface area contributed by atoms with E-state index >= 15 is 0 Å². The van der Waals surface area contributed by atoms with E-state index in [1.807, 2.05) is 17.0 Å². The minimum atomic E-state index is 0.163. The highest BCUT2D eigenvalue weighted by molar-refractivity contribution is 5.97. The van der Waals surface area contributed by atoms with Crippen LogP contribution in [0.3, 0.4) is 0 Å². The molecule has 1 fully saturated rings. The van der Waals surface area contributed by atoms with Crippen molar-refractivity contribution >= 4 is 11.6 Å². The summed E-state index contributed by atoms with van der Waals surface area (Å²) in [6, 6.07) is 4.32. The first kappa shape index (κ1) is 18.1. The van der Waals surface area contributed by atoms with Crippen LogP contribution in [-0.4, -0.2) is 51.7 Å². The minimum Gasteiger partial charge on any atom is -0.493 e. The maximum absolute atomic E-state index is 13.3. The van der Waals surface area contributed by atoms with Crippen LogP contribution < -0.4 is 14.4 Å². The average Bonchev–Trinajstić information content (AvgIpc) is 2.65. The Hall–Kier alpha value is -1.75. The Morgan fingerprint density at radius 2 is 1.72 bits per heavy atom. The van der Waals surface area contributed by atoms with Crippen LogP contribution in [-0.2, 0) is 11.2 Å². The predicted octanol–water partition coefficient (Wildman–Crippen LogP) is 3.10. The van der Waals surface area contributed by atoms with Gasteiger partial charge in [0.05, 0.1) is 19.9 Å². The van der Waals surface area contributed by atoms with Gasteiger partial charge in [-0.2, -0.15) is 0 Å². The summed E-state index contributed by atoms with van der Waals surface area (Å²) in [6.07, 6.45) is 6.54. The number of amides is 1. The molecule has 1 atom stereocenters. The van der Waals surface area contributed by atoms with Crippen molar-refractivity contribution in [1.29, 1.82) is 0 Å². The Balaban J connectivity index is 1.98. The second-order valence-corrected chi connectivity index (χ2v) is 7.44. The molecule has 5 nitrogen and oxygen atoms in total. The number of benzene rings is 1. The van der Waals surface area contributed by atoms with E-state index < -0.39 is 0 Å². The number of hydrogen-bond acceptors (Lipinski definition) is 4. The Labute approximate surface area is 150 Å². The molecule has 0 aromatic heterocycles. The van der Waals surface area contributed by atoms with Gasteiger partial charge in [0.25, 0.3) is 0 Å². The van der Waals surface area contributed by atoms with Gasteiger partial charge in [0, 0.05) is 24.6 Å². The van der Waals surface area contributed by atoms with Gasteiger partial charge < -0.3 is 19.3 Å². The van der Waals surface area contributed by atoms with Gasteiger partial charge in [-0.15, -0.1) is 0 Å². The van der Waals surface area contributed by atoms with Crippen molar-refractivity contribution in [2.24, 2.45) is 5.92 Å². The zero-order valence-corrected chi connectivity index (χ0v) is 15.9. The van der Waals surface area contributed by atoms with Crippen molar-refractivity contribution < 1.29 is 14.3 Å². The third-order valence-corrected chi connectivity index (χ3v) is 5.68. The number of carbonyl (C=O) groups is 1. The van der Waals surface area contributed by atoms with Crippen LogP contribution in [0, 0.1) is 5.92 Å². The lowest BCUT2D eigenvalue weighted by atomic mass is 9.87. The van der Waals surface area contributed by atoms with Gasteiger partial charge in [-0.1, -0.05) is 19.3 Å². The predicted molar refractivity (Wildman–Crippen MR) is 99.7 cm³/mol. The molecule has 0 N–H and O–H groups in total. The van der Waals surface area contributed by atoms with E-state index in [4.69, 9.17) is 9.47 Å². The summed E-state index contributed by atoms with van der Waals surface area (Å²) in [7, 11) is 7.46. The fourth-order valence-corrected chi connectivity index (χ4v) is 4.08. The lowest BCUT2D eigenvalue weighted by Gasteiger charge is -2.40. The number of ether oxygens (including phenoxy) is 2. The Bertz CT molecular complexity index is 624. The number of nitrogens with zero attached hydrogens (tertiary/aromatic N) is 2. The van der Waals surface area contributed by atoms with E-state index in [0.29, 0.717) is 11.8 Å². The zero-order valence-electron chi connectivity index (χ0n) is 15.9. The molecule has 0 bridgehead atoms. The Kier molecular flexibility index (Phi) is 5.52. The summed E-state index contributed by atoms with van der Waals surface area (Å²) >= 11 is 0. The van der Waals surface area contributed by atoms with Crippen molar-refractivity contribution in [3.05, 3.63) is 17.7 Å². The van der Waals surface area contributed by atoms with E-state index in [1.54, 1.807) is 14.2 Å². The molecule has 1 unspecified atom stereocenters. The van der Waals surface area contributed by atoms with Crippen LogP contribution in [0.25, 0.3) is 0 Å². The van der Waals surface area contributed by atoms with Gasteiger partial charge in [0.2, 0.25) is 5.91 Å². The van der Waals surface area contributed by atoms with Crippen molar-refractivity contribution in [3.8, 4) is 11.5 Å². The molecule has 1 saturated carbocycles. The second-order valence-electron chi connectivity index (χ2n) is 7.44. The maximum atomic E-state index is 13.3. The molecular formula is C20H30N2O3. The monoisotopic (exact) mass is 346 g/mol. The van der Waals surface area contributed by atoms with Crippen LogP contribution in [0.15, 0.2) is 12.1 Å². The van der Waals surface area contributed by atoms with Crippen LogP contribution in [0.5, 0.6) is 11.5 Å². The van der Waals surface area contributed by atoms with E-state index in [2.05, 4.69) is 19.0 Å². The molecule has 0 radical (unpaired) electrons. The second kappa shape index (κ2) is 7.65. The molecule has 1 amide bonds. The lowest BCUT2D eigenvalue weighted by Crippen LogP contribution is -2.50. The molecule has 1 heterocycles. The van der Waals surface area contributed by atoms with E-state index in [0.717, 1.165) is 42.8 Å². The Morgan fingerprint density at radius 3 is 2.32 bits per heavy atom. The molecule has 1 aromatic carbocycles. The van der Waals surface area contributed by atoms with Gasteiger partial charge in [0.15, 0.2) is 11.5 Å². The number of rotatable bonds is 4. The summed E-state index contributed by atoms with van der Waals surface area (Å²) in [6.45, 7) is 0.741. The summed E-state index contributed by atoms with van der Waals surface area (Å²) in [5.74, 6) is 1.85. The smallest absolute Gasteiger partial charge is 0.230 e. The quantitative estimate of drug-likeness (QED) is 0.840. The molecule has 1 aliphatic heterocycles. The van der Waals surface area contributed by atoms with Gasteiger partial charge in [-0.3, -0.25) is 4.79 Å². The maximum Gasteiger partial charge on any atom is 0.230 e. The molecule has 1 aromatic rings. The zero-order chi connectivity index (χ0) is 18.0. The third kappa shape index (κ3) is 3.61. The molecule has 2 aliphatic rings. The number of hydrogen-bond donors (Lipinski definition) is 0. The topological polar surface area (TPSA) is 42.0 Å². The van der Waals surface area contributed by atoms with Crippen LogP contribution in [0.1, 0.15) is 37.7 Å². The third-order valence-electron chi connectivity index (χ3n) is 5.68. The molecule has 138 valence electrons. The van der Waals surface area contributed by atoms with Crippen molar-refractivity contribution in [2.75, 3.05) is 39.8 Å². The van der Waals surface area contributed by atoms with Crippen LogP contribution in [0.2, 0.25) is 0 Å². The highest BCUT2D eigenvalue weighted by Crippen LogP contribution is 2.40. The number of carbonyl (C=O) groups excluding carboxylic acids is 1. The molecule has 0 spiro atoms. The van der Waals surface area contributed by atoms with Crippen LogP contribution >= 0.6 is 0 Å². The van der Waals surface area contributed by atoms with Crippen molar-refractivity contribution in [3.63, 3.8) is 0 Å². The minimum absolute atomic E-state index is 0.163. The first-order chi connectivity index (χ1) is 12.0. The highest BCUT2D eigenvalue weighted by Gasteiger charge is 2.34. The molecule has 3 rings (SSSR count).